The number of hydrogen-bond acceptors (Lipinski definition) is 5. The van der Waals surface area contributed by atoms with Gasteiger partial charge in [0, 0.05) is 19.0 Å². The van der Waals surface area contributed by atoms with Crippen molar-refractivity contribution in [2.45, 2.75) is 52.6 Å². The minimum Gasteiger partial charge on any atom is -0.442 e. The Labute approximate surface area is 164 Å². The lowest BCUT2D eigenvalue weighted by molar-refractivity contribution is -0.120. The number of Topliss-reactive ketones (excluding diaryl/α,β-unsaturated/α-hetero) is 2. The van der Waals surface area contributed by atoms with Crippen molar-refractivity contribution in [1.82, 2.24) is 5.01 Å². The van der Waals surface area contributed by atoms with E-state index in [4.69, 9.17) is 16.3 Å². The van der Waals surface area contributed by atoms with Gasteiger partial charge in [0.15, 0.2) is 5.78 Å². The minimum absolute atomic E-state index is 0.208. The topological polar surface area (TPSA) is 76.0 Å². The van der Waals surface area contributed by atoms with Gasteiger partial charge in [0.25, 0.3) is 0 Å². The predicted octanol–water partition coefficient (Wildman–Crippen LogP) is 4.42. The summed E-state index contributed by atoms with van der Waals surface area (Å²) in [7, 11) is 1.45. The van der Waals surface area contributed by atoms with E-state index in [1.54, 1.807) is 45.9 Å². The lowest BCUT2D eigenvalue weighted by Gasteiger charge is -2.26. The van der Waals surface area contributed by atoms with Crippen molar-refractivity contribution >= 4 is 35.0 Å². The van der Waals surface area contributed by atoms with Crippen molar-refractivity contribution in [3.8, 4) is 0 Å². The van der Waals surface area contributed by atoms with Gasteiger partial charge in [-0.05, 0) is 52.2 Å². The maximum absolute atomic E-state index is 13.1. The quantitative estimate of drug-likeness (QED) is 0.433. The van der Waals surface area contributed by atoms with E-state index in [2.05, 4.69) is 5.10 Å². The Morgan fingerprint density at radius 3 is 2.56 bits per heavy atom. The van der Waals surface area contributed by atoms with Crippen LogP contribution in [0.5, 0.6) is 0 Å². The highest BCUT2D eigenvalue weighted by molar-refractivity contribution is 6.37. The SMILES string of the molecule is Cc1cccc(C(=O)C2C(=O)CCC/C2=N/N(C)C(=O)OC(C)(C)C)c1Cl. The maximum atomic E-state index is 13.1. The molecule has 1 amide bonds. The first-order valence-electron chi connectivity index (χ1n) is 8.87. The molecule has 0 saturated heterocycles. The summed E-state index contributed by atoms with van der Waals surface area (Å²) in [6.07, 6.45) is 0.701. The normalized spacial score (nSPS) is 19.1. The Hall–Kier alpha value is -2.21. The number of amides is 1. The highest BCUT2D eigenvalue weighted by atomic mass is 35.5. The van der Waals surface area contributed by atoms with Gasteiger partial charge >= 0.3 is 6.09 Å². The molecule has 0 heterocycles. The number of hydrogen-bond donors (Lipinski definition) is 0. The molecule has 7 heteroatoms. The second kappa shape index (κ2) is 8.21. The van der Waals surface area contributed by atoms with E-state index >= 15 is 0 Å². The molecular formula is C20H25ClN2O4. The maximum Gasteiger partial charge on any atom is 0.430 e. The van der Waals surface area contributed by atoms with Crippen LogP contribution < -0.4 is 0 Å². The van der Waals surface area contributed by atoms with Crippen LogP contribution in [0, 0.1) is 12.8 Å². The molecule has 1 aromatic rings. The van der Waals surface area contributed by atoms with Crippen LogP contribution in [0.3, 0.4) is 0 Å². The van der Waals surface area contributed by atoms with Crippen molar-refractivity contribution in [3.05, 3.63) is 34.3 Å². The van der Waals surface area contributed by atoms with Crippen LogP contribution >= 0.6 is 11.6 Å². The van der Waals surface area contributed by atoms with Crippen molar-refractivity contribution in [2.24, 2.45) is 11.0 Å². The first-order chi connectivity index (χ1) is 12.5. The van der Waals surface area contributed by atoms with Crippen LogP contribution in [0.2, 0.25) is 5.02 Å². The molecule has 2 rings (SSSR count). The van der Waals surface area contributed by atoms with Crippen LogP contribution in [0.1, 0.15) is 56.0 Å². The predicted molar refractivity (Wildman–Crippen MR) is 104 cm³/mol. The second-order valence-corrected chi connectivity index (χ2v) is 8.03. The average Bonchev–Trinajstić information content (AvgIpc) is 2.55. The Balaban J connectivity index is 2.34. The fourth-order valence-electron chi connectivity index (χ4n) is 2.88. The number of hydrazone groups is 1. The molecule has 1 saturated carbocycles. The zero-order chi connectivity index (χ0) is 20.4. The molecule has 1 unspecified atom stereocenters. The van der Waals surface area contributed by atoms with E-state index in [1.165, 1.54) is 7.05 Å². The molecule has 1 atom stereocenters. The number of halogens is 1. The summed E-state index contributed by atoms with van der Waals surface area (Å²) in [4.78, 5) is 37.7. The number of nitrogens with zero attached hydrogens (tertiary/aromatic N) is 2. The Bertz CT molecular complexity index is 796. The third-order valence-corrected chi connectivity index (χ3v) is 4.67. The summed E-state index contributed by atoms with van der Waals surface area (Å²) in [6.45, 7) is 7.05. The molecule has 0 aromatic heterocycles. The van der Waals surface area contributed by atoms with Gasteiger partial charge in [-0.25, -0.2) is 9.80 Å². The van der Waals surface area contributed by atoms with E-state index in [0.717, 1.165) is 10.6 Å². The highest BCUT2D eigenvalue weighted by Crippen LogP contribution is 2.28. The van der Waals surface area contributed by atoms with E-state index in [-0.39, 0.29) is 11.6 Å². The Morgan fingerprint density at radius 1 is 1.26 bits per heavy atom. The smallest absolute Gasteiger partial charge is 0.430 e. The zero-order valence-electron chi connectivity index (χ0n) is 16.3. The van der Waals surface area contributed by atoms with Crippen LogP contribution in [0.4, 0.5) is 4.79 Å². The zero-order valence-corrected chi connectivity index (χ0v) is 17.1. The number of aryl methyl sites for hydroxylation is 1. The molecule has 27 heavy (non-hydrogen) atoms. The fourth-order valence-corrected chi connectivity index (χ4v) is 3.10. The van der Waals surface area contributed by atoms with Crippen molar-refractivity contribution in [3.63, 3.8) is 0 Å². The van der Waals surface area contributed by atoms with Gasteiger partial charge in [-0.2, -0.15) is 5.10 Å². The summed E-state index contributed by atoms with van der Waals surface area (Å²) < 4.78 is 5.27. The first-order valence-corrected chi connectivity index (χ1v) is 9.25. The monoisotopic (exact) mass is 392 g/mol. The summed E-state index contributed by atoms with van der Waals surface area (Å²) in [5, 5.41) is 5.61. The van der Waals surface area contributed by atoms with Crippen LogP contribution in [0.25, 0.3) is 0 Å². The Morgan fingerprint density at radius 2 is 1.93 bits per heavy atom. The second-order valence-electron chi connectivity index (χ2n) is 7.65. The molecular weight excluding hydrogens is 368 g/mol. The van der Waals surface area contributed by atoms with Crippen LogP contribution in [-0.4, -0.2) is 41.0 Å². The van der Waals surface area contributed by atoms with Crippen molar-refractivity contribution in [2.75, 3.05) is 7.05 Å². The average molecular weight is 393 g/mol. The number of carbonyl (C=O) groups is 3. The largest absolute Gasteiger partial charge is 0.442 e. The van der Waals surface area contributed by atoms with Gasteiger partial charge in [0.2, 0.25) is 0 Å². The van der Waals surface area contributed by atoms with Crippen LogP contribution in [-0.2, 0) is 9.53 Å². The third kappa shape index (κ3) is 5.16. The molecule has 6 nitrogen and oxygen atoms in total. The molecule has 1 fully saturated rings. The van der Waals surface area contributed by atoms with Crippen molar-refractivity contribution in [1.29, 1.82) is 0 Å². The van der Waals surface area contributed by atoms with E-state index in [1.807, 2.05) is 0 Å². The molecule has 146 valence electrons. The van der Waals surface area contributed by atoms with Gasteiger partial charge in [-0.15, -0.1) is 0 Å². The number of carbonyl (C=O) groups excluding carboxylic acids is 3. The lowest BCUT2D eigenvalue weighted by atomic mass is 9.81. The van der Waals surface area contributed by atoms with Gasteiger partial charge in [0.05, 0.1) is 10.7 Å². The molecule has 1 aromatic carbocycles. The molecule has 0 spiro atoms. The van der Waals surface area contributed by atoms with Gasteiger partial charge in [0.1, 0.15) is 17.3 Å². The molecule has 1 aliphatic rings. The molecule has 0 bridgehead atoms. The lowest BCUT2D eigenvalue weighted by Crippen LogP contribution is -2.38. The minimum atomic E-state index is -1.03. The summed E-state index contributed by atoms with van der Waals surface area (Å²) in [5.41, 5.74) is 0.750. The van der Waals surface area contributed by atoms with Gasteiger partial charge in [-0.3, -0.25) is 9.59 Å². The van der Waals surface area contributed by atoms with E-state index in [9.17, 15) is 14.4 Å². The summed E-state index contributed by atoms with van der Waals surface area (Å²) >= 11 is 6.28. The molecule has 0 aliphatic heterocycles. The van der Waals surface area contributed by atoms with Gasteiger partial charge < -0.3 is 4.74 Å². The van der Waals surface area contributed by atoms with Gasteiger partial charge in [-0.1, -0.05) is 23.7 Å². The molecule has 1 aliphatic carbocycles. The molecule has 0 radical (unpaired) electrons. The number of ketones is 2. The molecule has 0 N–H and O–H groups in total. The summed E-state index contributed by atoms with van der Waals surface area (Å²) in [5.74, 6) is -1.62. The van der Waals surface area contributed by atoms with Crippen LogP contribution in [0.15, 0.2) is 23.3 Å². The Kier molecular flexibility index (Phi) is 6.42. The third-order valence-electron chi connectivity index (χ3n) is 4.17. The number of rotatable bonds is 3. The standard InChI is InChI=1S/C20H25ClN2O4/c1-12-8-6-9-13(17(12)21)18(25)16-14(10-7-11-15(16)24)22-23(5)19(26)27-20(2,3)4/h6,8-9,16H,7,10-11H2,1-5H3/b22-14-. The number of benzene rings is 1. The van der Waals surface area contributed by atoms with Crippen molar-refractivity contribution < 1.29 is 19.1 Å². The van der Waals surface area contributed by atoms with E-state index < -0.39 is 17.6 Å². The van der Waals surface area contributed by atoms with E-state index in [0.29, 0.717) is 35.6 Å². The summed E-state index contributed by atoms with van der Waals surface area (Å²) in [6, 6.07) is 5.13. The highest BCUT2D eigenvalue weighted by Gasteiger charge is 2.36. The number of ether oxygens (including phenoxy) is 1. The fraction of sp³-hybridized carbons (Fsp3) is 0.500. The first kappa shape index (κ1) is 21.1.